The lowest BCUT2D eigenvalue weighted by molar-refractivity contribution is -0.125. The van der Waals surface area contributed by atoms with E-state index in [9.17, 15) is 4.79 Å². The van der Waals surface area contributed by atoms with Crippen molar-refractivity contribution in [1.82, 2.24) is 4.90 Å². The molecule has 1 aliphatic rings. The van der Waals surface area contributed by atoms with Crippen LogP contribution in [0.15, 0.2) is 30.3 Å². The first-order valence-corrected chi connectivity index (χ1v) is 6.48. The van der Waals surface area contributed by atoms with E-state index in [-0.39, 0.29) is 11.9 Å². The number of para-hydroxylation sites is 1. The number of hydrogen-bond donors (Lipinski definition) is 1. The normalized spacial score (nSPS) is 19.6. The molecule has 1 saturated heterocycles. The number of hydrogen-bond acceptors (Lipinski definition) is 3. The summed E-state index contributed by atoms with van der Waals surface area (Å²) in [6.07, 6.45) is 2.54. The van der Waals surface area contributed by atoms with Crippen LogP contribution in [-0.4, -0.2) is 37.0 Å². The van der Waals surface area contributed by atoms with Gasteiger partial charge in [0, 0.05) is 30.8 Å². The zero-order valence-corrected chi connectivity index (χ0v) is 11.4. The lowest BCUT2D eigenvalue weighted by Gasteiger charge is -2.14. The third-order valence-electron chi connectivity index (χ3n) is 3.41. The van der Waals surface area contributed by atoms with Crippen molar-refractivity contribution in [2.45, 2.75) is 19.4 Å². The summed E-state index contributed by atoms with van der Waals surface area (Å²) in [5.74, 6) is 0.804. The maximum Gasteiger partial charge on any atom is 0.246 e. The number of rotatable bonds is 3. The van der Waals surface area contributed by atoms with E-state index in [0.717, 1.165) is 29.9 Å². The van der Waals surface area contributed by atoms with Gasteiger partial charge < -0.3 is 15.4 Å². The molecular weight excluding hydrogens is 240 g/mol. The fourth-order valence-corrected chi connectivity index (χ4v) is 2.31. The molecule has 1 atom stereocenters. The predicted molar refractivity (Wildman–Crippen MR) is 75.8 cm³/mol. The highest BCUT2D eigenvalue weighted by Gasteiger charge is 2.22. The molecule has 19 heavy (non-hydrogen) atoms. The lowest BCUT2D eigenvalue weighted by atomic mass is 10.1. The van der Waals surface area contributed by atoms with Crippen LogP contribution < -0.4 is 10.5 Å². The second-order valence-electron chi connectivity index (χ2n) is 4.86. The summed E-state index contributed by atoms with van der Waals surface area (Å²) < 4.78 is 5.30. The number of ether oxygens (including phenoxy) is 1. The Kier molecular flexibility index (Phi) is 4.22. The van der Waals surface area contributed by atoms with Gasteiger partial charge in [0.05, 0.1) is 7.11 Å². The van der Waals surface area contributed by atoms with Crippen molar-refractivity contribution in [2.75, 3.05) is 20.2 Å². The van der Waals surface area contributed by atoms with Crippen molar-refractivity contribution in [1.29, 1.82) is 0 Å². The van der Waals surface area contributed by atoms with Crippen LogP contribution in [0, 0.1) is 0 Å². The van der Waals surface area contributed by atoms with E-state index >= 15 is 0 Å². The first kappa shape index (κ1) is 13.6. The number of methoxy groups -OCH3 is 1. The van der Waals surface area contributed by atoms with Gasteiger partial charge in [0.2, 0.25) is 5.91 Å². The largest absolute Gasteiger partial charge is 0.496 e. The Balaban J connectivity index is 2.16. The zero-order valence-electron chi connectivity index (χ0n) is 11.4. The van der Waals surface area contributed by atoms with E-state index in [4.69, 9.17) is 10.5 Å². The smallest absolute Gasteiger partial charge is 0.246 e. The Morgan fingerprint density at radius 1 is 1.47 bits per heavy atom. The molecule has 1 amide bonds. The second kappa shape index (κ2) is 5.89. The van der Waals surface area contributed by atoms with Crippen LogP contribution in [0.2, 0.25) is 0 Å². The lowest BCUT2D eigenvalue weighted by Crippen LogP contribution is -2.30. The molecule has 0 aliphatic carbocycles. The summed E-state index contributed by atoms with van der Waals surface area (Å²) in [5.41, 5.74) is 7.67. The minimum atomic E-state index is 0.0244. The highest BCUT2D eigenvalue weighted by molar-refractivity contribution is 5.95. The maximum absolute atomic E-state index is 12.1. The van der Waals surface area contributed by atoms with E-state index in [1.165, 1.54) is 0 Å². The molecule has 1 aliphatic heterocycles. The standard InChI is InChI=1S/C15H20N2O2/c1-11(13-5-3-4-6-14(13)19-2)9-15(18)17-8-7-12(16)10-17/h3-6,9,12H,7-8,10,16H2,1-2H3/b11-9+/t12-/m1/s1. The molecule has 0 radical (unpaired) electrons. The van der Waals surface area contributed by atoms with Gasteiger partial charge in [0.25, 0.3) is 0 Å². The Morgan fingerprint density at radius 2 is 2.21 bits per heavy atom. The number of likely N-dealkylation sites (tertiary alicyclic amines) is 1. The van der Waals surface area contributed by atoms with Gasteiger partial charge in [-0.3, -0.25) is 4.79 Å². The van der Waals surface area contributed by atoms with Gasteiger partial charge in [-0.15, -0.1) is 0 Å². The molecule has 4 heteroatoms. The van der Waals surface area contributed by atoms with Crippen molar-refractivity contribution in [3.05, 3.63) is 35.9 Å². The third-order valence-corrected chi connectivity index (χ3v) is 3.41. The first-order valence-electron chi connectivity index (χ1n) is 6.48. The van der Waals surface area contributed by atoms with Crippen molar-refractivity contribution in [2.24, 2.45) is 5.73 Å². The molecule has 102 valence electrons. The first-order chi connectivity index (χ1) is 9.11. The highest BCUT2D eigenvalue weighted by atomic mass is 16.5. The van der Waals surface area contributed by atoms with Gasteiger partial charge in [-0.25, -0.2) is 0 Å². The number of benzene rings is 1. The van der Waals surface area contributed by atoms with Gasteiger partial charge in [0.1, 0.15) is 5.75 Å². The molecule has 2 N–H and O–H groups in total. The number of allylic oxidation sites excluding steroid dienone is 1. The second-order valence-corrected chi connectivity index (χ2v) is 4.86. The average molecular weight is 260 g/mol. The summed E-state index contributed by atoms with van der Waals surface area (Å²) >= 11 is 0. The highest BCUT2D eigenvalue weighted by Crippen LogP contribution is 2.25. The molecule has 0 bridgehead atoms. The Morgan fingerprint density at radius 3 is 2.84 bits per heavy atom. The summed E-state index contributed by atoms with van der Waals surface area (Å²) in [5, 5.41) is 0. The van der Waals surface area contributed by atoms with Gasteiger partial charge in [-0.1, -0.05) is 18.2 Å². The topological polar surface area (TPSA) is 55.6 Å². The van der Waals surface area contributed by atoms with Crippen LogP contribution in [0.1, 0.15) is 18.9 Å². The van der Waals surface area contributed by atoms with E-state index in [2.05, 4.69) is 0 Å². The molecule has 0 aromatic heterocycles. The van der Waals surface area contributed by atoms with Crippen LogP contribution in [0.25, 0.3) is 5.57 Å². The maximum atomic E-state index is 12.1. The SMILES string of the molecule is COc1ccccc1/C(C)=C/C(=O)N1CC[C@@H](N)C1. The van der Waals surface area contributed by atoms with Crippen LogP contribution in [-0.2, 0) is 4.79 Å². The molecule has 1 aromatic carbocycles. The fraction of sp³-hybridized carbons (Fsp3) is 0.400. The molecule has 4 nitrogen and oxygen atoms in total. The molecule has 0 unspecified atom stereocenters. The average Bonchev–Trinajstić information content (AvgIpc) is 2.85. The van der Waals surface area contributed by atoms with Crippen molar-refractivity contribution in [3.63, 3.8) is 0 Å². The summed E-state index contributed by atoms with van der Waals surface area (Å²) in [6.45, 7) is 3.32. The quantitative estimate of drug-likeness (QED) is 0.841. The van der Waals surface area contributed by atoms with Crippen LogP contribution >= 0.6 is 0 Å². The Hall–Kier alpha value is -1.81. The number of nitrogens with two attached hydrogens (primary N) is 1. The number of carbonyl (C=O) groups excluding carboxylic acids is 1. The monoisotopic (exact) mass is 260 g/mol. The summed E-state index contributed by atoms with van der Waals surface area (Å²) in [7, 11) is 1.63. The molecule has 2 rings (SSSR count). The third kappa shape index (κ3) is 3.15. The van der Waals surface area contributed by atoms with E-state index < -0.39 is 0 Å². The van der Waals surface area contributed by atoms with Crippen LogP contribution in [0.3, 0.4) is 0 Å². The van der Waals surface area contributed by atoms with Crippen molar-refractivity contribution in [3.8, 4) is 5.75 Å². The minimum Gasteiger partial charge on any atom is -0.496 e. The Bertz CT molecular complexity index is 497. The van der Waals surface area contributed by atoms with Crippen LogP contribution in [0.5, 0.6) is 5.75 Å². The summed E-state index contributed by atoms with van der Waals surface area (Å²) in [4.78, 5) is 13.9. The van der Waals surface area contributed by atoms with E-state index in [1.807, 2.05) is 31.2 Å². The van der Waals surface area contributed by atoms with Gasteiger partial charge in [0.15, 0.2) is 0 Å². The van der Waals surface area contributed by atoms with Crippen LogP contribution in [0.4, 0.5) is 0 Å². The summed E-state index contributed by atoms with van der Waals surface area (Å²) in [6, 6.07) is 7.81. The number of nitrogens with zero attached hydrogens (tertiary/aromatic N) is 1. The van der Waals surface area contributed by atoms with Gasteiger partial charge in [-0.2, -0.15) is 0 Å². The van der Waals surface area contributed by atoms with Crippen molar-refractivity contribution < 1.29 is 9.53 Å². The molecule has 0 spiro atoms. The molecule has 0 saturated carbocycles. The zero-order chi connectivity index (χ0) is 13.8. The van der Waals surface area contributed by atoms with Crippen molar-refractivity contribution >= 4 is 11.5 Å². The minimum absolute atomic E-state index is 0.0244. The Labute approximate surface area is 113 Å². The van der Waals surface area contributed by atoms with Gasteiger partial charge >= 0.3 is 0 Å². The van der Waals surface area contributed by atoms with E-state index in [1.54, 1.807) is 18.1 Å². The predicted octanol–water partition coefficient (Wildman–Crippen LogP) is 1.66. The number of amides is 1. The van der Waals surface area contributed by atoms with E-state index in [0.29, 0.717) is 6.54 Å². The molecule has 1 aromatic rings. The molecule has 1 heterocycles. The molecular formula is C15H20N2O2. The number of carbonyl (C=O) groups is 1. The fourth-order valence-electron chi connectivity index (χ4n) is 2.31. The van der Waals surface area contributed by atoms with Gasteiger partial charge in [-0.05, 0) is 25.0 Å². The molecule has 1 fully saturated rings.